The Morgan fingerprint density at radius 1 is 1.18 bits per heavy atom. The molecule has 1 aliphatic rings. The highest BCUT2D eigenvalue weighted by Crippen LogP contribution is 2.14. The van der Waals surface area contributed by atoms with Crippen LogP contribution in [0.3, 0.4) is 0 Å². The van der Waals surface area contributed by atoms with Gasteiger partial charge in [0, 0.05) is 32.2 Å². The van der Waals surface area contributed by atoms with E-state index in [2.05, 4.69) is 18.7 Å². The van der Waals surface area contributed by atoms with Crippen molar-refractivity contribution in [3.8, 4) is 0 Å². The number of sulfonamides is 1. The number of nitrogens with zero attached hydrogens (tertiary/aromatic N) is 2. The first-order valence-electron chi connectivity index (χ1n) is 6.27. The van der Waals surface area contributed by atoms with Gasteiger partial charge in [0.2, 0.25) is 10.0 Å². The van der Waals surface area contributed by atoms with Gasteiger partial charge >= 0.3 is 0 Å². The van der Waals surface area contributed by atoms with Crippen molar-refractivity contribution < 1.29 is 13.5 Å². The molecule has 1 rings (SSSR count). The fraction of sp³-hybridized carbons (Fsp3) is 1.00. The quantitative estimate of drug-likeness (QED) is 0.766. The van der Waals surface area contributed by atoms with Gasteiger partial charge < -0.3 is 5.11 Å². The van der Waals surface area contributed by atoms with Crippen molar-refractivity contribution in [1.82, 2.24) is 9.21 Å². The summed E-state index contributed by atoms with van der Waals surface area (Å²) < 4.78 is 25.5. The van der Waals surface area contributed by atoms with E-state index in [1.165, 1.54) is 4.31 Å². The monoisotopic (exact) mass is 264 g/mol. The van der Waals surface area contributed by atoms with Gasteiger partial charge in [-0.3, -0.25) is 4.90 Å². The van der Waals surface area contributed by atoms with Gasteiger partial charge in [-0.1, -0.05) is 6.92 Å². The molecular weight excluding hydrogens is 240 g/mol. The number of piperazine rings is 1. The molecule has 1 aliphatic heterocycles. The van der Waals surface area contributed by atoms with Crippen LogP contribution in [-0.4, -0.2) is 66.8 Å². The lowest BCUT2D eigenvalue weighted by molar-refractivity contribution is 0.141. The Balaban J connectivity index is 2.58. The Labute approximate surface area is 104 Å². The van der Waals surface area contributed by atoms with Crippen molar-refractivity contribution in [3.63, 3.8) is 0 Å². The van der Waals surface area contributed by atoms with Gasteiger partial charge in [-0.2, -0.15) is 4.31 Å². The van der Waals surface area contributed by atoms with Crippen molar-refractivity contribution in [2.24, 2.45) is 0 Å². The molecule has 0 bridgehead atoms. The smallest absolute Gasteiger partial charge is 0.219 e. The normalized spacial score (nSPS) is 23.5. The highest BCUT2D eigenvalue weighted by atomic mass is 32.2. The van der Waals surface area contributed by atoms with Gasteiger partial charge in [-0.25, -0.2) is 8.42 Å². The van der Waals surface area contributed by atoms with Crippen LogP contribution in [0, 0.1) is 0 Å². The maximum Gasteiger partial charge on any atom is 0.219 e. The Bertz CT molecular complexity index is 324. The van der Waals surface area contributed by atoms with E-state index in [0.717, 1.165) is 19.5 Å². The molecule has 17 heavy (non-hydrogen) atoms. The highest BCUT2D eigenvalue weighted by molar-refractivity contribution is 7.89. The Kier molecular flexibility index (Phi) is 5.37. The van der Waals surface area contributed by atoms with Gasteiger partial charge in [0.25, 0.3) is 0 Å². The second kappa shape index (κ2) is 6.13. The molecular formula is C11H24N2O3S. The molecule has 0 saturated carbocycles. The van der Waals surface area contributed by atoms with Crippen LogP contribution in [-0.2, 0) is 10.0 Å². The zero-order chi connectivity index (χ0) is 13.1. The van der Waals surface area contributed by atoms with Crippen LogP contribution in [0.5, 0.6) is 0 Å². The Morgan fingerprint density at radius 2 is 1.71 bits per heavy atom. The summed E-state index contributed by atoms with van der Waals surface area (Å²) in [5.41, 5.74) is 0. The SMILES string of the molecule is CCC(C)N1CCN(S(=O)(=O)C(C)CO)CC1. The maximum absolute atomic E-state index is 12.0. The molecule has 1 fully saturated rings. The third-order valence-corrected chi connectivity index (χ3v) is 5.86. The topological polar surface area (TPSA) is 60.9 Å². The van der Waals surface area contributed by atoms with E-state index in [1.807, 2.05) is 0 Å². The van der Waals surface area contributed by atoms with Gasteiger partial charge in [-0.05, 0) is 20.3 Å². The van der Waals surface area contributed by atoms with Crippen LogP contribution in [0.1, 0.15) is 27.2 Å². The van der Waals surface area contributed by atoms with Crippen LogP contribution in [0.25, 0.3) is 0 Å². The second-order valence-electron chi connectivity index (χ2n) is 4.73. The number of aliphatic hydroxyl groups is 1. The highest BCUT2D eigenvalue weighted by Gasteiger charge is 2.31. The average Bonchev–Trinajstić information content (AvgIpc) is 2.36. The summed E-state index contributed by atoms with van der Waals surface area (Å²) in [5, 5.41) is 8.27. The molecule has 102 valence electrons. The van der Waals surface area contributed by atoms with Crippen molar-refractivity contribution in [2.75, 3.05) is 32.8 Å². The van der Waals surface area contributed by atoms with Crippen LogP contribution in [0.15, 0.2) is 0 Å². The van der Waals surface area contributed by atoms with E-state index in [4.69, 9.17) is 5.11 Å². The van der Waals surface area contributed by atoms with Gasteiger partial charge in [0.05, 0.1) is 11.9 Å². The minimum absolute atomic E-state index is 0.312. The molecule has 0 aliphatic carbocycles. The fourth-order valence-corrected chi connectivity index (χ4v) is 3.38. The zero-order valence-electron chi connectivity index (χ0n) is 11.0. The largest absolute Gasteiger partial charge is 0.395 e. The molecule has 2 atom stereocenters. The van der Waals surface area contributed by atoms with E-state index < -0.39 is 15.3 Å². The summed E-state index contributed by atoms with van der Waals surface area (Å²) in [6.07, 6.45) is 1.08. The van der Waals surface area contributed by atoms with E-state index in [1.54, 1.807) is 6.92 Å². The molecule has 0 aromatic rings. The maximum atomic E-state index is 12.0. The summed E-state index contributed by atoms with van der Waals surface area (Å²) in [6, 6.07) is 0.509. The van der Waals surface area contributed by atoms with Crippen molar-refractivity contribution in [3.05, 3.63) is 0 Å². The Morgan fingerprint density at radius 3 is 2.12 bits per heavy atom. The Hall–Kier alpha value is -0.170. The molecule has 6 heteroatoms. The lowest BCUT2D eigenvalue weighted by Crippen LogP contribution is -2.53. The molecule has 5 nitrogen and oxygen atoms in total. The van der Waals surface area contributed by atoms with E-state index >= 15 is 0 Å². The summed E-state index contributed by atoms with van der Waals surface area (Å²) in [6.45, 7) is 8.19. The van der Waals surface area contributed by atoms with Gasteiger partial charge in [0.15, 0.2) is 0 Å². The number of hydrogen-bond donors (Lipinski definition) is 1. The third-order valence-electron chi connectivity index (χ3n) is 3.61. The van der Waals surface area contributed by atoms with Crippen LogP contribution in [0.2, 0.25) is 0 Å². The van der Waals surface area contributed by atoms with E-state index in [0.29, 0.717) is 19.1 Å². The van der Waals surface area contributed by atoms with Crippen molar-refractivity contribution in [2.45, 2.75) is 38.5 Å². The standard InChI is InChI=1S/C11H24N2O3S/c1-4-10(2)12-5-7-13(8-6-12)17(15,16)11(3)9-14/h10-11,14H,4-9H2,1-3H3. The van der Waals surface area contributed by atoms with Gasteiger partial charge in [0.1, 0.15) is 0 Å². The molecule has 0 spiro atoms. The first kappa shape index (κ1) is 14.9. The minimum Gasteiger partial charge on any atom is -0.395 e. The average molecular weight is 264 g/mol. The lowest BCUT2D eigenvalue weighted by atomic mass is 10.2. The first-order chi connectivity index (χ1) is 7.93. The number of aliphatic hydroxyl groups excluding tert-OH is 1. The van der Waals surface area contributed by atoms with Gasteiger partial charge in [-0.15, -0.1) is 0 Å². The van der Waals surface area contributed by atoms with Crippen LogP contribution in [0.4, 0.5) is 0 Å². The first-order valence-corrected chi connectivity index (χ1v) is 7.77. The number of rotatable bonds is 5. The molecule has 0 radical (unpaired) electrons. The summed E-state index contributed by atoms with van der Waals surface area (Å²) in [7, 11) is -3.31. The predicted octanol–water partition coefficient (Wildman–Crippen LogP) is 0.113. The summed E-state index contributed by atoms with van der Waals surface area (Å²) in [4.78, 5) is 2.32. The summed E-state index contributed by atoms with van der Waals surface area (Å²) in [5.74, 6) is 0. The molecule has 0 aromatic carbocycles. The molecule has 1 heterocycles. The molecule has 0 aromatic heterocycles. The molecule has 1 saturated heterocycles. The predicted molar refractivity (Wildman–Crippen MR) is 68.4 cm³/mol. The van der Waals surface area contributed by atoms with Crippen LogP contribution < -0.4 is 0 Å². The van der Waals surface area contributed by atoms with Crippen LogP contribution >= 0.6 is 0 Å². The third kappa shape index (κ3) is 3.40. The molecule has 1 N–H and O–H groups in total. The molecule has 2 unspecified atom stereocenters. The van der Waals surface area contributed by atoms with Crippen molar-refractivity contribution in [1.29, 1.82) is 0 Å². The second-order valence-corrected chi connectivity index (χ2v) is 7.08. The number of hydrogen-bond acceptors (Lipinski definition) is 4. The minimum atomic E-state index is -3.31. The molecule has 0 amide bonds. The van der Waals surface area contributed by atoms with E-state index in [-0.39, 0.29) is 6.61 Å². The fourth-order valence-electron chi connectivity index (χ4n) is 2.01. The lowest BCUT2D eigenvalue weighted by Gasteiger charge is -2.37. The van der Waals surface area contributed by atoms with E-state index in [9.17, 15) is 8.42 Å². The zero-order valence-corrected chi connectivity index (χ0v) is 11.8. The van der Waals surface area contributed by atoms with Crippen molar-refractivity contribution >= 4 is 10.0 Å². The summed E-state index contributed by atoms with van der Waals surface area (Å²) >= 11 is 0.